The van der Waals surface area contributed by atoms with Crippen LogP contribution in [0.1, 0.15) is 18.9 Å². The van der Waals surface area contributed by atoms with Gasteiger partial charge in [0.2, 0.25) is 5.95 Å². The van der Waals surface area contributed by atoms with Crippen LogP contribution in [0.4, 0.5) is 5.95 Å². The lowest BCUT2D eigenvalue weighted by atomic mass is 10.3. The maximum Gasteiger partial charge on any atom is 0.226 e. The topological polar surface area (TPSA) is 55.3 Å². The number of aromatic nitrogens is 3. The van der Waals surface area contributed by atoms with Gasteiger partial charge in [-0.05, 0) is 25.1 Å². The van der Waals surface area contributed by atoms with Crippen LogP contribution >= 0.6 is 12.2 Å². The van der Waals surface area contributed by atoms with Crippen molar-refractivity contribution < 1.29 is 9.47 Å². The summed E-state index contributed by atoms with van der Waals surface area (Å²) in [7, 11) is 3.44. The van der Waals surface area contributed by atoms with E-state index < -0.39 is 0 Å². The van der Waals surface area contributed by atoms with E-state index in [1.165, 1.54) is 12.8 Å². The van der Waals surface area contributed by atoms with Gasteiger partial charge in [0.05, 0.1) is 0 Å². The summed E-state index contributed by atoms with van der Waals surface area (Å²) in [4.78, 5) is 2.19. The van der Waals surface area contributed by atoms with Gasteiger partial charge in [-0.2, -0.15) is 0 Å². The molecule has 2 heterocycles. The SMILES string of the molecule is COC1CN(c2n[nH]c(=S)n2C2CC2)CC1OC. The Morgan fingerprint density at radius 1 is 1.22 bits per heavy atom. The number of methoxy groups -OCH3 is 2. The highest BCUT2D eigenvalue weighted by molar-refractivity contribution is 7.71. The van der Waals surface area contributed by atoms with Crippen molar-refractivity contribution in [1.82, 2.24) is 14.8 Å². The Kier molecular flexibility index (Phi) is 3.13. The number of anilines is 1. The molecule has 0 bridgehead atoms. The first kappa shape index (κ1) is 12.1. The number of nitrogens with zero attached hydrogens (tertiary/aromatic N) is 3. The average Bonchev–Trinajstić information content (AvgIpc) is 3.01. The predicted molar refractivity (Wildman–Crippen MR) is 69.5 cm³/mol. The summed E-state index contributed by atoms with van der Waals surface area (Å²) in [5.41, 5.74) is 0. The van der Waals surface area contributed by atoms with Crippen LogP contribution in [0.15, 0.2) is 0 Å². The minimum absolute atomic E-state index is 0.0907. The van der Waals surface area contributed by atoms with Gasteiger partial charge < -0.3 is 14.4 Å². The van der Waals surface area contributed by atoms with Crippen molar-refractivity contribution >= 4 is 18.2 Å². The lowest BCUT2D eigenvalue weighted by Crippen LogP contribution is -2.27. The zero-order valence-corrected chi connectivity index (χ0v) is 11.4. The summed E-state index contributed by atoms with van der Waals surface area (Å²) in [6.45, 7) is 1.59. The first-order valence-corrected chi connectivity index (χ1v) is 6.63. The highest BCUT2D eigenvalue weighted by Gasteiger charge is 2.37. The number of H-pyrrole nitrogens is 1. The number of hydrogen-bond acceptors (Lipinski definition) is 5. The van der Waals surface area contributed by atoms with Crippen molar-refractivity contribution in [2.24, 2.45) is 0 Å². The monoisotopic (exact) mass is 270 g/mol. The third-order valence-electron chi connectivity index (χ3n) is 3.70. The lowest BCUT2D eigenvalue weighted by Gasteiger charge is -2.17. The molecule has 18 heavy (non-hydrogen) atoms. The summed E-state index contributed by atoms with van der Waals surface area (Å²) in [6.07, 6.45) is 2.56. The van der Waals surface area contributed by atoms with Gasteiger partial charge in [0.25, 0.3) is 0 Å². The van der Waals surface area contributed by atoms with E-state index in [1.807, 2.05) is 0 Å². The molecule has 0 amide bonds. The van der Waals surface area contributed by atoms with Gasteiger partial charge in [-0.3, -0.25) is 4.57 Å². The second-order valence-corrected chi connectivity index (χ2v) is 5.27. The Hall–Kier alpha value is -0.920. The molecular formula is C11H18N4O2S. The van der Waals surface area contributed by atoms with Gasteiger partial charge in [0.15, 0.2) is 4.77 Å². The van der Waals surface area contributed by atoms with Crippen molar-refractivity contribution in [2.45, 2.75) is 31.1 Å². The fraction of sp³-hybridized carbons (Fsp3) is 0.818. The molecule has 1 aromatic rings. The quantitative estimate of drug-likeness (QED) is 0.831. The average molecular weight is 270 g/mol. The number of nitrogens with one attached hydrogen (secondary N) is 1. The minimum Gasteiger partial charge on any atom is -0.377 e. The molecule has 6 nitrogen and oxygen atoms in total. The summed E-state index contributed by atoms with van der Waals surface area (Å²) in [5, 5.41) is 7.25. The van der Waals surface area contributed by atoms with Crippen LogP contribution in [0.5, 0.6) is 0 Å². The Morgan fingerprint density at radius 2 is 1.83 bits per heavy atom. The van der Waals surface area contributed by atoms with Gasteiger partial charge in [0, 0.05) is 33.4 Å². The van der Waals surface area contributed by atoms with E-state index in [4.69, 9.17) is 21.7 Å². The number of ether oxygens (including phenoxy) is 2. The second kappa shape index (κ2) is 4.64. The van der Waals surface area contributed by atoms with Crippen molar-refractivity contribution in [3.8, 4) is 0 Å². The van der Waals surface area contributed by atoms with Gasteiger partial charge in [0.1, 0.15) is 12.2 Å². The molecule has 100 valence electrons. The van der Waals surface area contributed by atoms with Crippen molar-refractivity contribution in [1.29, 1.82) is 0 Å². The van der Waals surface area contributed by atoms with Gasteiger partial charge in [-0.1, -0.05) is 0 Å². The van der Waals surface area contributed by atoms with E-state index in [0.717, 1.165) is 19.0 Å². The van der Waals surface area contributed by atoms with Crippen LogP contribution < -0.4 is 4.90 Å². The maximum absolute atomic E-state index is 5.45. The summed E-state index contributed by atoms with van der Waals surface area (Å²) >= 11 is 5.30. The molecule has 2 atom stereocenters. The highest BCUT2D eigenvalue weighted by atomic mass is 32.1. The van der Waals surface area contributed by atoms with Crippen LogP contribution in [-0.4, -0.2) is 54.3 Å². The van der Waals surface area contributed by atoms with Crippen LogP contribution in [0.3, 0.4) is 0 Å². The standard InChI is InChI=1S/C11H18N4O2S/c1-16-8-5-14(6-9(8)17-2)10-12-13-11(18)15(10)7-3-4-7/h7-9H,3-6H2,1-2H3,(H,13,18). The molecular weight excluding hydrogens is 252 g/mol. The minimum atomic E-state index is 0.0907. The van der Waals surface area contributed by atoms with Crippen molar-refractivity contribution in [3.63, 3.8) is 0 Å². The number of hydrogen-bond donors (Lipinski definition) is 1. The molecule has 1 saturated carbocycles. The van der Waals surface area contributed by atoms with Crippen molar-refractivity contribution in [2.75, 3.05) is 32.2 Å². The first-order chi connectivity index (χ1) is 8.74. The summed E-state index contributed by atoms with van der Waals surface area (Å²) in [6, 6.07) is 0.522. The molecule has 2 aliphatic rings. The molecule has 2 fully saturated rings. The normalized spacial score (nSPS) is 28.0. The first-order valence-electron chi connectivity index (χ1n) is 6.22. The lowest BCUT2D eigenvalue weighted by molar-refractivity contribution is -0.00461. The molecule has 1 aliphatic heterocycles. The second-order valence-electron chi connectivity index (χ2n) is 4.88. The van der Waals surface area contributed by atoms with E-state index in [9.17, 15) is 0 Å². The summed E-state index contributed by atoms with van der Waals surface area (Å²) in [5.74, 6) is 0.920. The number of rotatable bonds is 4. The molecule has 0 radical (unpaired) electrons. The van der Waals surface area contributed by atoms with Crippen LogP contribution in [-0.2, 0) is 9.47 Å². The molecule has 1 aliphatic carbocycles. The zero-order valence-electron chi connectivity index (χ0n) is 10.6. The van der Waals surface area contributed by atoms with E-state index in [1.54, 1.807) is 14.2 Å². The smallest absolute Gasteiger partial charge is 0.226 e. The Labute approximate surface area is 111 Å². The molecule has 1 saturated heterocycles. The molecule has 0 aromatic carbocycles. The Morgan fingerprint density at radius 3 is 2.33 bits per heavy atom. The third-order valence-corrected chi connectivity index (χ3v) is 3.99. The fourth-order valence-corrected chi connectivity index (χ4v) is 2.82. The summed E-state index contributed by atoms with van der Waals surface area (Å²) < 4.78 is 13.7. The molecule has 0 spiro atoms. The Balaban J connectivity index is 1.85. The molecule has 7 heteroatoms. The van der Waals surface area contributed by atoms with Gasteiger partial charge >= 0.3 is 0 Å². The number of aromatic amines is 1. The molecule has 1 N–H and O–H groups in total. The molecule has 3 rings (SSSR count). The van der Waals surface area contributed by atoms with E-state index in [-0.39, 0.29) is 12.2 Å². The van der Waals surface area contributed by atoms with Crippen LogP contribution in [0.25, 0.3) is 0 Å². The van der Waals surface area contributed by atoms with Gasteiger partial charge in [-0.25, -0.2) is 5.10 Å². The fourth-order valence-electron chi connectivity index (χ4n) is 2.54. The van der Waals surface area contributed by atoms with E-state index in [0.29, 0.717) is 10.8 Å². The van der Waals surface area contributed by atoms with Crippen LogP contribution in [0, 0.1) is 4.77 Å². The maximum atomic E-state index is 5.45. The largest absolute Gasteiger partial charge is 0.377 e. The predicted octanol–water partition coefficient (Wildman–Crippen LogP) is 1.13. The van der Waals surface area contributed by atoms with Crippen LogP contribution in [0.2, 0.25) is 0 Å². The zero-order chi connectivity index (χ0) is 12.7. The van der Waals surface area contributed by atoms with E-state index >= 15 is 0 Å². The van der Waals surface area contributed by atoms with Crippen molar-refractivity contribution in [3.05, 3.63) is 4.77 Å². The highest BCUT2D eigenvalue weighted by Crippen LogP contribution is 2.38. The molecule has 2 unspecified atom stereocenters. The Bertz CT molecular complexity index is 470. The van der Waals surface area contributed by atoms with E-state index in [2.05, 4.69) is 19.7 Å². The molecule has 1 aromatic heterocycles. The van der Waals surface area contributed by atoms with Gasteiger partial charge in [-0.15, -0.1) is 5.10 Å². The third kappa shape index (κ3) is 1.96.